The van der Waals surface area contributed by atoms with Gasteiger partial charge in [-0.3, -0.25) is 4.57 Å². The lowest BCUT2D eigenvalue weighted by molar-refractivity contribution is 0.458. The first-order valence-corrected chi connectivity index (χ1v) is 16.5. The van der Waals surface area contributed by atoms with Gasteiger partial charge in [0.15, 0.2) is 0 Å². The predicted molar refractivity (Wildman–Crippen MR) is 198 cm³/mol. The van der Waals surface area contributed by atoms with Crippen molar-refractivity contribution >= 4 is 21.8 Å². The summed E-state index contributed by atoms with van der Waals surface area (Å²) in [6.07, 6.45) is 1.86. The van der Waals surface area contributed by atoms with Crippen LogP contribution in [-0.2, 0) is 0 Å². The Kier molecular flexibility index (Phi) is 7.49. The van der Waals surface area contributed by atoms with Gasteiger partial charge in [-0.15, -0.1) is 5.10 Å². The first-order chi connectivity index (χ1) is 23.8. The number of hydrogen-bond acceptors (Lipinski definition) is 4. The summed E-state index contributed by atoms with van der Waals surface area (Å²) in [6.45, 7) is 10.6. The second kappa shape index (κ2) is 12.1. The molecule has 0 atom stereocenters. The summed E-state index contributed by atoms with van der Waals surface area (Å²) in [5.41, 5.74) is 10.9. The Morgan fingerprint density at radius 2 is 1.24 bits per heavy atom. The smallest absolute Gasteiger partial charge is 0.246 e. The molecule has 0 saturated heterocycles. The maximum absolute atomic E-state index is 6.56. The van der Waals surface area contributed by atoms with Gasteiger partial charge in [0.25, 0.3) is 0 Å². The van der Waals surface area contributed by atoms with E-state index in [0.717, 1.165) is 61.8 Å². The van der Waals surface area contributed by atoms with Crippen LogP contribution in [0.4, 0.5) is 0 Å². The standard InChI is InChI=1S/C43H36N4O2/c1-27-20-21-44-40(24-27)46-38-17-10-9-16-36(38)37-19-18-35(26-39(37)46)48-34-15-11-12-32(25-34)47-31(5)42(41-29(3)22-28(2)23-30(41)4)43(45-47)49-33-13-7-6-8-14-33/h6-26H,1-5H3. The van der Waals surface area contributed by atoms with Gasteiger partial charge in [-0.1, -0.05) is 60.2 Å². The zero-order valence-electron chi connectivity index (χ0n) is 28.2. The minimum atomic E-state index is 0.563. The Morgan fingerprint density at radius 3 is 2.04 bits per heavy atom. The number of benzene rings is 5. The van der Waals surface area contributed by atoms with E-state index in [1.807, 2.05) is 77.6 Å². The molecule has 240 valence electrons. The van der Waals surface area contributed by atoms with Crippen LogP contribution in [0.3, 0.4) is 0 Å². The molecule has 3 aromatic heterocycles. The Labute approximate surface area is 285 Å². The monoisotopic (exact) mass is 640 g/mol. The molecule has 0 saturated carbocycles. The predicted octanol–water partition coefficient (Wildman–Crippen LogP) is 11.2. The van der Waals surface area contributed by atoms with Crippen molar-refractivity contribution in [3.63, 3.8) is 0 Å². The normalized spacial score (nSPS) is 11.4. The van der Waals surface area contributed by atoms with Gasteiger partial charge in [0.05, 0.1) is 28.0 Å². The van der Waals surface area contributed by atoms with Crippen molar-refractivity contribution in [1.82, 2.24) is 19.3 Å². The molecule has 8 aromatic rings. The second-order valence-electron chi connectivity index (χ2n) is 12.7. The molecule has 0 radical (unpaired) electrons. The fourth-order valence-electron chi connectivity index (χ4n) is 6.98. The summed E-state index contributed by atoms with van der Waals surface area (Å²) in [6, 6.07) is 41.1. The molecule has 0 aliphatic rings. The van der Waals surface area contributed by atoms with Gasteiger partial charge >= 0.3 is 0 Å². The van der Waals surface area contributed by atoms with Crippen LogP contribution in [0.15, 0.2) is 128 Å². The summed E-state index contributed by atoms with van der Waals surface area (Å²) >= 11 is 0. The molecular formula is C43H36N4O2. The van der Waals surface area contributed by atoms with Crippen molar-refractivity contribution in [2.45, 2.75) is 34.6 Å². The van der Waals surface area contributed by atoms with Crippen molar-refractivity contribution in [2.24, 2.45) is 0 Å². The number of rotatable bonds is 7. The lowest BCUT2D eigenvalue weighted by atomic mass is 9.94. The maximum atomic E-state index is 6.56. The van der Waals surface area contributed by atoms with E-state index >= 15 is 0 Å². The van der Waals surface area contributed by atoms with Crippen LogP contribution in [0.1, 0.15) is 27.9 Å². The van der Waals surface area contributed by atoms with Crippen molar-refractivity contribution < 1.29 is 9.47 Å². The third-order valence-electron chi connectivity index (χ3n) is 9.04. The molecule has 0 spiro atoms. The molecule has 0 bridgehead atoms. The number of aryl methyl sites for hydroxylation is 4. The third-order valence-corrected chi connectivity index (χ3v) is 9.04. The molecule has 0 fully saturated rings. The summed E-state index contributed by atoms with van der Waals surface area (Å²) in [5, 5.41) is 7.37. The van der Waals surface area contributed by atoms with Gasteiger partial charge < -0.3 is 9.47 Å². The van der Waals surface area contributed by atoms with Gasteiger partial charge in [-0.2, -0.15) is 0 Å². The minimum absolute atomic E-state index is 0.563. The molecule has 6 heteroatoms. The lowest BCUT2D eigenvalue weighted by Gasteiger charge is -2.13. The highest BCUT2D eigenvalue weighted by Crippen LogP contribution is 2.41. The van der Waals surface area contributed by atoms with Crippen LogP contribution in [0, 0.1) is 34.6 Å². The van der Waals surface area contributed by atoms with Crippen molar-refractivity contribution in [2.75, 3.05) is 0 Å². The van der Waals surface area contributed by atoms with Crippen LogP contribution in [0.2, 0.25) is 0 Å². The number of para-hydroxylation sites is 2. The largest absolute Gasteiger partial charge is 0.457 e. The van der Waals surface area contributed by atoms with Crippen LogP contribution in [-0.4, -0.2) is 19.3 Å². The molecule has 8 rings (SSSR count). The summed E-state index contributed by atoms with van der Waals surface area (Å²) in [4.78, 5) is 4.72. The number of aromatic nitrogens is 4. The Hall–Kier alpha value is -6.14. The van der Waals surface area contributed by atoms with Crippen molar-refractivity contribution in [3.8, 4) is 45.8 Å². The fraction of sp³-hybridized carbons (Fsp3) is 0.116. The first-order valence-electron chi connectivity index (χ1n) is 16.5. The molecule has 0 aliphatic heterocycles. The zero-order valence-corrected chi connectivity index (χ0v) is 28.2. The highest BCUT2D eigenvalue weighted by molar-refractivity contribution is 6.09. The van der Waals surface area contributed by atoms with E-state index in [-0.39, 0.29) is 0 Å². The average Bonchev–Trinajstić information content (AvgIpc) is 3.59. The lowest BCUT2D eigenvalue weighted by Crippen LogP contribution is -2.00. The fourth-order valence-corrected chi connectivity index (χ4v) is 6.98. The summed E-state index contributed by atoms with van der Waals surface area (Å²) in [5.74, 6) is 3.62. The van der Waals surface area contributed by atoms with Gasteiger partial charge in [0.1, 0.15) is 23.1 Å². The van der Waals surface area contributed by atoms with E-state index < -0.39 is 0 Å². The first kappa shape index (κ1) is 30.2. The van der Waals surface area contributed by atoms with Crippen LogP contribution >= 0.6 is 0 Å². The third kappa shape index (κ3) is 5.51. The quantitative estimate of drug-likeness (QED) is 0.174. The van der Waals surface area contributed by atoms with Gasteiger partial charge in [0.2, 0.25) is 5.88 Å². The van der Waals surface area contributed by atoms with E-state index in [2.05, 4.69) is 93.8 Å². The van der Waals surface area contributed by atoms with Gasteiger partial charge in [-0.25, -0.2) is 9.67 Å². The summed E-state index contributed by atoms with van der Waals surface area (Å²) in [7, 11) is 0. The van der Waals surface area contributed by atoms with E-state index in [0.29, 0.717) is 11.6 Å². The SMILES string of the molecule is Cc1ccnc(-n2c3ccccc3c3ccc(Oc4cccc(-n5nc(Oc6ccccc6)c(-c6c(C)cc(C)cc6C)c5C)c4)cc32)c1. The van der Waals surface area contributed by atoms with E-state index in [4.69, 9.17) is 19.6 Å². The number of hydrogen-bond donors (Lipinski definition) is 0. The topological polar surface area (TPSA) is 54.1 Å². The Morgan fingerprint density at radius 1 is 0.531 bits per heavy atom. The van der Waals surface area contributed by atoms with E-state index in [9.17, 15) is 0 Å². The molecule has 3 heterocycles. The number of nitrogens with zero attached hydrogens (tertiary/aromatic N) is 4. The van der Waals surface area contributed by atoms with Crippen molar-refractivity contribution in [3.05, 3.63) is 155 Å². The molecule has 0 unspecified atom stereocenters. The van der Waals surface area contributed by atoms with Crippen LogP contribution < -0.4 is 9.47 Å². The molecule has 6 nitrogen and oxygen atoms in total. The highest BCUT2D eigenvalue weighted by Gasteiger charge is 2.23. The van der Waals surface area contributed by atoms with Crippen molar-refractivity contribution in [1.29, 1.82) is 0 Å². The van der Waals surface area contributed by atoms with E-state index in [1.54, 1.807) is 0 Å². The molecular weight excluding hydrogens is 604 g/mol. The average molecular weight is 641 g/mol. The van der Waals surface area contributed by atoms with E-state index in [1.165, 1.54) is 22.1 Å². The molecule has 0 amide bonds. The highest BCUT2D eigenvalue weighted by atomic mass is 16.5. The molecule has 5 aromatic carbocycles. The molecule has 0 N–H and O–H groups in total. The molecule has 0 aliphatic carbocycles. The maximum Gasteiger partial charge on any atom is 0.246 e. The Balaban J connectivity index is 1.21. The number of fused-ring (bicyclic) bond motifs is 3. The zero-order chi connectivity index (χ0) is 33.6. The van der Waals surface area contributed by atoms with Gasteiger partial charge in [0, 0.05) is 29.1 Å². The van der Waals surface area contributed by atoms with Crippen LogP contribution in [0.5, 0.6) is 23.1 Å². The van der Waals surface area contributed by atoms with Crippen LogP contribution in [0.25, 0.3) is 44.4 Å². The van der Waals surface area contributed by atoms with Gasteiger partial charge in [-0.05, 0) is 111 Å². The minimum Gasteiger partial charge on any atom is -0.457 e. The molecule has 49 heavy (non-hydrogen) atoms. The number of ether oxygens (including phenoxy) is 2. The second-order valence-corrected chi connectivity index (χ2v) is 12.7. The number of pyridine rings is 1. The summed E-state index contributed by atoms with van der Waals surface area (Å²) < 4.78 is 17.2. The Bertz CT molecular complexity index is 2490.